The topological polar surface area (TPSA) is 45.1 Å². The van der Waals surface area contributed by atoms with Crippen LogP contribution in [0.25, 0.3) is 0 Å². The quantitative estimate of drug-likeness (QED) is 0.643. The zero-order valence-electron chi connectivity index (χ0n) is 9.91. The molecule has 0 atom stereocenters. The van der Waals surface area contributed by atoms with Gasteiger partial charge in [0.05, 0.1) is 12.7 Å². The number of amidine groups is 1. The molecule has 2 N–H and O–H groups in total. The summed E-state index contributed by atoms with van der Waals surface area (Å²) in [6.45, 7) is 0. The third kappa shape index (κ3) is 2.66. The highest BCUT2D eigenvalue weighted by atomic mass is 19.1. The van der Waals surface area contributed by atoms with E-state index in [2.05, 4.69) is 5.32 Å². The molecule has 0 radical (unpaired) electrons. The minimum atomic E-state index is -0.302. The summed E-state index contributed by atoms with van der Waals surface area (Å²) in [5.41, 5.74) is 1.32. The molecular formula is C14H13FN2O. The van der Waals surface area contributed by atoms with E-state index in [4.69, 9.17) is 10.1 Å². The van der Waals surface area contributed by atoms with Crippen molar-refractivity contribution in [3.63, 3.8) is 0 Å². The van der Waals surface area contributed by atoms with E-state index in [1.807, 2.05) is 12.1 Å². The second-order valence-corrected chi connectivity index (χ2v) is 3.71. The Morgan fingerprint density at radius 2 is 1.78 bits per heavy atom. The molecule has 0 saturated carbocycles. The normalized spacial score (nSPS) is 9.89. The molecule has 2 rings (SSSR count). The third-order valence-corrected chi connectivity index (χ3v) is 2.49. The smallest absolute Gasteiger partial charge is 0.133 e. The molecule has 0 aliphatic heterocycles. The maximum Gasteiger partial charge on any atom is 0.133 e. The van der Waals surface area contributed by atoms with Crippen LogP contribution in [-0.2, 0) is 0 Å². The monoisotopic (exact) mass is 244 g/mol. The first-order chi connectivity index (χ1) is 8.70. The van der Waals surface area contributed by atoms with Crippen molar-refractivity contribution in [3.05, 3.63) is 59.9 Å². The Labute approximate surface area is 105 Å². The average Bonchev–Trinajstić information content (AvgIpc) is 2.41. The van der Waals surface area contributed by atoms with Crippen molar-refractivity contribution in [1.29, 1.82) is 5.41 Å². The Bertz CT molecular complexity index is 552. The van der Waals surface area contributed by atoms with Crippen LogP contribution in [0.4, 0.5) is 10.1 Å². The molecule has 0 unspecified atom stereocenters. The van der Waals surface area contributed by atoms with Crippen LogP contribution >= 0.6 is 0 Å². The van der Waals surface area contributed by atoms with Crippen molar-refractivity contribution < 1.29 is 9.13 Å². The van der Waals surface area contributed by atoms with Crippen LogP contribution in [0.15, 0.2) is 48.5 Å². The van der Waals surface area contributed by atoms with E-state index in [0.29, 0.717) is 17.0 Å². The molecule has 2 aromatic carbocycles. The lowest BCUT2D eigenvalue weighted by Crippen LogP contribution is -2.13. The first kappa shape index (κ1) is 12.1. The third-order valence-electron chi connectivity index (χ3n) is 2.49. The minimum absolute atomic E-state index is 0.207. The number of ether oxygens (including phenoxy) is 1. The Morgan fingerprint density at radius 1 is 1.11 bits per heavy atom. The maximum atomic E-state index is 12.8. The molecule has 0 saturated heterocycles. The lowest BCUT2D eigenvalue weighted by atomic mass is 10.1. The van der Waals surface area contributed by atoms with Crippen LogP contribution < -0.4 is 10.1 Å². The summed E-state index contributed by atoms with van der Waals surface area (Å²) in [7, 11) is 1.56. The SMILES string of the molecule is COc1ccccc1C(=N)Nc1ccc(F)cc1. The van der Waals surface area contributed by atoms with Gasteiger partial charge in [0, 0.05) is 5.69 Å². The van der Waals surface area contributed by atoms with Crippen molar-refractivity contribution in [3.8, 4) is 5.75 Å². The van der Waals surface area contributed by atoms with Gasteiger partial charge in [0.15, 0.2) is 0 Å². The molecule has 92 valence electrons. The van der Waals surface area contributed by atoms with E-state index >= 15 is 0 Å². The number of hydrogen-bond donors (Lipinski definition) is 2. The number of rotatable bonds is 3. The van der Waals surface area contributed by atoms with Gasteiger partial charge in [-0.15, -0.1) is 0 Å². The number of hydrogen-bond acceptors (Lipinski definition) is 2. The van der Waals surface area contributed by atoms with Crippen LogP contribution in [0, 0.1) is 11.2 Å². The van der Waals surface area contributed by atoms with Gasteiger partial charge in [0.25, 0.3) is 0 Å². The highest BCUT2D eigenvalue weighted by Crippen LogP contribution is 2.19. The van der Waals surface area contributed by atoms with Gasteiger partial charge in [-0.05, 0) is 36.4 Å². The van der Waals surface area contributed by atoms with Crippen molar-refractivity contribution in [2.75, 3.05) is 12.4 Å². The molecule has 0 spiro atoms. The highest BCUT2D eigenvalue weighted by molar-refractivity contribution is 6.07. The summed E-state index contributed by atoms with van der Waals surface area (Å²) < 4.78 is 17.9. The molecular weight excluding hydrogens is 231 g/mol. The van der Waals surface area contributed by atoms with E-state index in [1.54, 1.807) is 31.4 Å². The number of halogens is 1. The molecule has 18 heavy (non-hydrogen) atoms. The molecule has 0 fully saturated rings. The predicted octanol–water partition coefficient (Wildman–Crippen LogP) is 3.27. The molecule has 4 heteroatoms. The van der Waals surface area contributed by atoms with Gasteiger partial charge >= 0.3 is 0 Å². The van der Waals surface area contributed by atoms with Crippen LogP contribution in [0.3, 0.4) is 0 Å². The van der Waals surface area contributed by atoms with Gasteiger partial charge in [0.1, 0.15) is 17.4 Å². The summed E-state index contributed by atoms with van der Waals surface area (Å²) in [4.78, 5) is 0. The zero-order valence-corrected chi connectivity index (χ0v) is 9.91. The van der Waals surface area contributed by atoms with Crippen molar-refractivity contribution in [1.82, 2.24) is 0 Å². The van der Waals surface area contributed by atoms with Gasteiger partial charge < -0.3 is 10.1 Å². The van der Waals surface area contributed by atoms with E-state index in [0.717, 1.165) is 0 Å². The molecule has 0 aliphatic rings. The highest BCUT2D eigenvalue weighted by Gasteiger charge is 2.07. The van der Waals surface area contributed by atoms with Crippen LogP contribution in [0.1, 0.15) is 5.56 Å². The molecule has 2 aromatic rings. The largest absolute Gasteiger partial charge is 0.496 e. The van der Waals surface area contributed by atoms with E-state index in [9.17, 15) is 4.39 Å². The molecule has 0 bridgehead atoms. The van der Waals surface area contributed by atoms with E-state index in [1.165, 1.54) is 12.1 Å². The zero-order chi connectivity index (χ0) is 13.0. The van der Waals surface area contributed by atoms with Crippen LogP contribution in [-0.4, -0.2) is 12.9 Å². The van der Waals surface area contributed by atoms with Gasteiger partial charge in [-0.2, -0.15) is 0 Å². The number of anilines is 1. The minimum Gasteiger partial charge on any atom is -0.496 e. The first-order valence-corrected chi connectivity index (χ1v) is 5.45. The Balaban J connectivity index is 2.19. The number of para-hydroxylation sites is 1. The summed E-state index contributed by atoms with van der Waals surface area (Å²) in [6, 6.07) is 13.1. The Kier molecular flexibility index (Phi) is 3.57. The fourth-order valence-electron chi connectivity index (χ4n) is 1.60. The van der Waals surface area contributed by atoms with Gasteiger partial charge in [-0.1, -0.05) is 12.1 Å². The summed E-state index contributed by atoms with van der Waals surface area (Å²) in [5, 5.41) is 10.9. The second kappa shape index (κ2) is 5.31. The maximum absolute atomic E-state index is 12.8. The molecule has 0 aromatic heterocycles. The van der Waals surface area contributed by atoms with Crippen molar-refractivity contribution in [2.45, 2.75) is 0 Å². The van der Waals surface area contributed by atoms with Gasteiger partial charge in [-0.3, -0.25) is 5.41 Å². The summed E-state index contributed by atoms with van der Waals surface area (Å²) in [6.07, 6.45) is 0. The molecule has 0 heterocycles. The summed E-state index contributed by atoms with van der Waals surface area (Å²) in [5.74, 6) is 0.528. The Hall–Kier alpha value is -2.36. The standard InChI is InChI=1S/C14H13FN2O/c1-18-13-5-3-2-4-12(13)14(16)17-11-8-6-10(15)7-9-11/h2-9H,1H3,(H2,16,17). The van der Waals surface area contributed by atoms with Crippen LogP contribution in [0.5, 0.6) is 5.75 Å². The summed E-state index contributed by atoms with van der Waals surface area (Å²) >= 11 is 0. The van der Waals surface area contributed by atoms with Crippen molar-refractivity contribution >= 4 is 11.5 Å². The number of benzene rings is 2. The Morgan fingerprint density at radius 3 is 2.44 bits per heavy atom. The van der Waals surface area contributed by atoms with E-state index < -0.39 is 0 Å². The number of methoxy groups -OCH3 is 1. The van der Waals surface area contributed by atoms with Gasteiger partial charge in [-0.25, -0.2) is 4.39 Å². The van der Waals surface area contributed by atoms with Crippen molar-refractivity contribution in [2.24, 2.45) is 0 Å². The van der Waals surface area contributed by atoms with E-state index in [-0.39, 0.29) is 11.7 Å². The second-order valence-electron chi connectivity index (χ2n) is 3.71. The fraction of sp³-hybridized carbons (Fsp3) is 0.0714. The van der Waals surface area contributed by atoms with Gasteiger partial charge in [0.2, 0.25) is 0 Å². The lowest BCUT2D eigenvalue weighted by Gasteiger charge is -2.11. The average molecular weight is 244 g/mol. The lowest BCUT2D eigenvalue weighted by molar-refractivity contribution is 0.414. The predicted molar refractivity (Wildman–Crippen MR) is 69.8 cm³/mol. The van der Waals surface area contributed by atoms with Crippen LogP contribution in [0.2, 0.25) is 0 Å². The fourth-order valence-corrected chi connectivity index (χ4v) is 1.60. The first-order valence-electron chi connectivity index (χ1n) is 5.45. The molecule has 3 nitrogen and oxygen atoms in total. The molecule has 0 amide bonds. The molecule has 0 aliphatic carbocycles. The number of nitrogens with one attached hydrogen (secondary N) is 2.